The van der Waals surface area contributed by atoms with Crippen LogP contribution in [0.4, 0.5) is 5.82 Å². The number of sulfonamides is 1. The van der Waals surface area contributed by atoms with Gasteiger partial charge in [0.1, 0.15) is 0 Å². The maximum absolute atomic E-state index is 12.1. The normalized spacial score (nSPS) is 24.6. The molecule has 1 saturated heterocycles. The van der Waals surface area contributed by atoms with Gasteiger partial charge in [-0.25, -0.2) is 18.1 Å². The first-order chi connectivity index (χ1) is 8.42. The lowest BCUT2D eigenvalue weighted by atomic mass is 10.0. The zero-order valence-corrected chi connectivity index (χ0v) is 11.3. The Hall–Kier alpha value is -1.12. The number of hydrogen-bond acceptors (Lipinski definition) is 5. The van der Waals surface area contributed by atoms with Gasteiger partial charge >= 0.3 is 0 Å². The Kier molecular flexibility index (Phi) is 3.60. The Morgan fingerprint density at radius 3 is 2.89 bits per heavy atom. The monoisotopic (exact) mass is 274 g/mol. The number of rotatable bonds is 4. The lowest BCUT2D eigenvalue weighted by molar-refractivity contribution is 0.107. The van der Waals surface area contributed by atoms with E-state index >= 15 is 0 Å². The van der Waals surface area contributed by atoms with E-state index in [4.69, 9.17) is 10.5 Å². The molecule has 8 heteroatoms. The second-order valence-electron chi connectivity index (χ2n) is 4.52. The number of nitrogens with two attached hydrogens (primary N) is 1. The molecule has 7 nitrogen and oxygen atoms in total. The largest absolute Gasteiger partial charge is 0.381 e. The number of aromatic nitrogens is 2. The third-order valence-corrected chi connectivity index (χ3v) is 4.79. The fourth-order valence-electron chi connectivity index (χ4n) is 2.09. The molecule has 18 heavy (non-hydrogen) atoms. The van der Waals surface area contributed by atoms with E-state index in [1.54, 1.807) is 7.05 Å². The maximum Gasteiger partial charge on any atom is 0.260 e. The average Bonchev–Trinajstić information content (AvgIpc) is 2.83. The summed E-state index contributed by atoms with van der Waals surface area (Å²) in [5, 5.41) is 0.00840. The molecule has 2 unspecified atom stereocenters. The summed E-state index contributed by atoms with van der Waals surface area (Å²) in [6.07, 6.45) is 2.33. The van der Waals surface area contributed by atoms with Crippen LogP contribution in [0.25, 0.3) is 0 Å². The fraction of sp³-hybridized carbons (Fsp3) is 0.700. The van der Waals surface area contributed by atoms with Crippen LogP contribution in [0.1, 0.15) is 13.3 Å². The Balaban J connectivity index is 2.08. The van der Waals surface area contributed by atoms with E-state index < -0.39 is 10.0 Å². The molecule has 1 aromatic rings. The smallest absolute Gasteiger partial charge is 0.260 e. The van der Waals surface area contributed by atoms with Crippen LogP contribution in [0.3, 0.4) is 0 Å². The van der Waals surface area contributed by atoms with Crippen molar-refractivity contribution in [2.45, 2.75) is 24.5 Å². The molecule has 0 radical (unpaired) electrons. The van der Waals surface area contributed by atoms with Crippen LogP contribution in [-0.2, 0) is 21.8 Å². The van der Waals surface area contributed by atoms with Crippen molar-refractivity contribution in [3.63, 3.8) is 0 Å². The number of nitrogens with zero attached hydrogens (tertiary/aromatic N) is 2. The molecule has 1 aromatic heterocycles. The highest BCUT2D eigenvalue weighted by atomic mass is 32.2. The van der Waals surface area contributed by atoms with Crippen molar-refractivity contribution in [1.29, 1.82) is 0 Å². The van der Waals surface area contributed by atoms with E-state index in [0.717, 1.165) is 6.42 Å². The number of anilines is 1. The predicted octanol–water partition coefficient (Wildman–Crippen LogP) is -0.294. The first-order valence-corrected chi connectivity index (χ1v) is 7.28. The molecule has 102 valence electrons. The third kappa shape index (κ3) is 2.50. The zero-order chi connectivity index (χ0) is 13.3. The van der Waals surface area contributed by atoms with Crippen molar-refractivity contribution in [3.05, 3.63) is 6.33 Å². The van der Waals surface area contributed by atoms with Crippen LogP contribution in [0.15, 0.2) is 11.4 Å². The van der Waals surface area contributed by atoms with Crippen molar-refractivity contribution in [3.8, 4) is 0 Å². The van der Waals surface area contributed by atoms with E-state index in [9.17, 15) is 8.42 Å². The highest BCUT2D eigenvalue weighted by molar-refractivity contribution is 7.89. The van der Waals surface area contributed by atoms with Gasteiger partial charge in [-0.15, -0.1) is 0 Å². The van der Waals surface area contributed by atoms with Crippen molar-refractivity contribution in [2.75, 3.05) is 18.9 Å². The molecule has 0 spiro atoms. The van der Waals surface area contributed by atoms with Crippen molar-refractivity contribution < 1.29 is 13.2 Å². The molecule has 2 rings (SSSR count). The fourth-order valence-corrected chi connectivity index (χ4v) is 3.42. The van der Waals surface area contributed by atoms with Gasteiger partial charge in [-0.2, -0.15) is 0 Å². The highest BCUT2D eigenvalue weighted by Crippen LogP contribution is 2.21. The van der Waals surface area contributed by atoms with Crippen LogP contribution < -0.4 is 10.5 Å². The van der Waals surface area contributed by atoms with Gasteiger partial charge in [0.25, 0.3) is 10.0 Å². The second kappa shape index (κ2) is 4.87. The molecule has 1 aliphatic heterocycles. The Morgan fingerprint density at radius 2 is 2.39 bits per heavy atom. The number of nitrogens with one attached hydrogen (secondary N) is 1. The lowest BCUT2D eigenvalue weighted by Crippen LogP contribution is -2.33. The molecule has 0 aliphatic carbocycles. The molecule has 0 amide bonds. The summed E-state index contributed by atoms with van der Waals surface area (Å²) in [5.41, 5.74) is 5.56. The minimum atomic E-state index is -3.62. The third-order valence-electron chi connectivity index (χ3n) is 3.23. The molecule has 0 bridgehead atoms. The molecule has 0 saturated carbocycles. The number of nitrogen functional groups attached to an aromatic ring is 1. The molecule has 1 fully saturated rings. The summed E-state index contributed by atoms with van der Waals surface area (Å²) >= 11 is 0. The van der Waals surface area contributed by atoms with Crippen LogP contribution >= 0.6 is 0 Å². The van der Waals surface area contributed by atoms with E-state index in [1.165, 1.54) is 10.9 Å². The van der Waals surface area contributed by atoms with E-state index in [0.29, 0.717) is 13.2 Å². The van der Waals surface area contributed by atoms with Crippen molar-refractivity contribution in [1.82, 2.24) is 14.3 Å². The summed E-state index contributed by atoms with van der Waals surface area (Å²) < 4.78 is 33.6. The Bertz CT molecular complexity index is 506. The average molecular weight is 274 g/mol. The summed E-state index contributed by atoms with van der Waals surface area (Å²) in [6.45, 7) is 2.99. The summed E-state index contributed by atoms with van der Waals surface area (Å²) in [5.74, 6) is 0.218. The lowest BCUT2D eigenvalue weighted by Gasteiger charge is -2.15. The number of imidazole rings is 1. The second-order valence-corrected chi connectivity index (χ2v) is 6.20. The van der Waals surface area contributed by atoms with Crippen LogP contribution in [0.5, 0.6) is 0 Å². The minimum Gasteiger partial charge on any atom is -0.381 e. The van der Waals surface area contributed by atoms with Gasteiger partial charge in [0, 0.05) is 26.1 Å². The van der Waals surface area contributed by atoms with Gasteiger partial charge in [0.2, 0.25) is 0 Å². The molecular formula is C10H18N4O3S. The quantitative estimate of drug-likeness (QED) is 0.785. The standard InChI is InChI=1S/C10H18N4O3S/c1-7-8(3-4-17-7)5-13-18(15,16)10-9(11)12-6-14(10)2/h6-8,13H,3-5,11H2,1-2H3. The van der Waals surface area contributed by atoms with Gasteiger partial charge in [-0.05, 0) is 13.3 Å². The van der Waals surface area contributed by atoms with Gasteiger partial charge in [0.05, 0.1) is 12.4 Å². The van der Waals surface area contributed by atoms with E-state index in [1.807, 2.05) is 6.92 Å². The van der Waals surface area contributed by atoms with E-state index in [-0.39, 0.29) is 22.9 Å². The zero-order valence-electron chi connectivity index (χ0n) is 10.5. The minimum absolute atomic E-state index is 0.00840. The molecule has 3 N–H and O–H groups in total. The van der Waals surface area contributed by atoms with Crippen molar-refractivity contribution in [2.24, 2.45) is 13.0 Å². The first kappa shape index (κ1) is 13.3. The van der Waals surface area contributed by atoms with Crippen LogP contribution in [0, 0.1) is 5.92 Å². The first-order valence-electron chi connectivity index (χ1n) is 5.80. The maximum atomic E-state index is 12.1. The summed E-state index contributed by atoms with van der Waals surface area (Å²) in [6, 6.07) is 0. The van der Waals surface area contributed by atoms with E-state index in [2.05, 4.69) is 9.71 Å². The number of ether oxygens (including phenoxy) is 1. The SMILES string of the molecule is CC1OCCC1CNS(=O)(=O)c1c(N)ncn1C. The van der Waals surface area contributed by atoms with Crippen molar-refractivity contribution >= 4 is 15.8 Å². The topological polar surface area (TPSA) is 99.2 Å². The number of aryl methyl sites for hydroxylation is 1. The van der Waals surface area contributed by atoms with Gasteiger partial charge in [-0.1, -0.05) is 0 Å². The Labute approximate surface area is 106 Å². The van der Waals surface area contributed by atoms with Crippen LogP contribution in [0.2, 0.25) is 0 Å². The summed E-state index contributed by atoms with van der Waals surface area (Å²) in [7, 11) is -2.02. The molecule has 2 atom stereocenters. The van der Waals surface area contributed by atoms with Crippen LogP contribution in [-0.4, -0.2) is 37.2 Å². The molecule has 1 aliphatic rings. The molecular weight excluding hydrogens is 256 g/mol. The highest BCUT2D eigenvalue weighted by Gasteiger charge is 2.28. The van der Waals surface area contributed by atoms with Gasteiger partial charge in [-0.3, -0.25) is 0 Å². The molecule has 2 heterocycles. The number of hydrogen-bond donors (Lipinski definition) is 2. The predicted molar refractivity (Wildman–Crippen MR) is 66.3 cm³/mol. The summed E-state index contributed by atoms with van der Waals surface area (Å²) in [4.78, 5) is 3.77. The van der Waals surface area contributed by atoms with Gasteiger partial charge in [0.15, 0.2) is 10.8 Å². The van der Waals surface area contributed by atoms with Gasteiger partial charge < -0.3 is 15.0 Å². The molecule has 0 aromatic carbocycles. The Morgan fingerprint density at radius 1 is 1.67 bits per heavy atom.